The van der Waals surface area contributed by atoms with Gasteiger partial charge in [0.05, 0.1) is 6.04 Å². The molecule has 180 valence electrons. The van der Waals surface area contributed by atoms with Crippen LogP contribution in [0, 0.1) is 11.8 Å². The van der Waals surface area contributed by atoms with Gasteiger partial charge >= 0.3 is 5.97 Å². The molecule has 0 aliphatic heterocycles. The van der Waals surface area contributed by atoms with Crippen LogP contribution in [0.4, 0.5) is 0 Å². The maximum absolute atomic E-state index is 12.9. The van der Waals surface area contributed by atoms with Crippen molar-refractivity contribution in [2.45, 2.75) is 71.1 Å². The van der Waals surface area contributed by atoms with Crippen LogP contribution in [0.1, 0.15) is 47.0 Å². The van der Waals surface area contributed by atoms with E-state index in [9.17, 15) is 24.3 Å². The molecule has 0 heterocycles. The summed E-state index contributed by atoms with van der Waals surface area (Å²) in [4.78, 5) is 49.3. The summed E-state index contributed by atoms with van der Waals surface area (Å²) >= 11 is 5.59. The normalized spacial score (nSPS) is 16.0. The topological polar surface area (TPSA) is 151 Å². The number of hydrogen-bond acceptors (Lipinski definition) is 7. The molecule has 0 aliphatic carbocycles. The van der Waals surface area contributed by atoms with Crippen molar-refractivity contribution in [2.24, 2.45) is 17.6 Å². The van der Waals surface area contributed by atoms with E-state index < -0.39 is 47.9 Å². The van der Waals surface area contributed by atoms with Gasteiger partial charge in [-0.1, -0.05) is 34.1 Å². The third-order valence-electron chi connectivity index (χ3n) is 4.90. The fourth-order valence-electron chi connectivity index (χ4n) is 2.80. The summed E-state index contributed by atoms with van der Waals surface area (Å²) in [7, 11) is 0. The standard InChI is InChI=1S/C20H38N4O5S2/c1-6-12(4)16(24-17(25)13(21)9-11(2)3)19(27)23-15(10-30)18(26)22-14(20(28)29)7-8-31-5/h11-16,30H,6-10,21H2,1-5H3,(H,22,26)(H,23,27)(H,24,25)(H,28,29). The van der Waals surface area contributed by atoms with E-state index in [1.807, 2.05) is 34.0 Å². The molecule has 0 aliphatic rings. The second-order valence-electron chi connectivity index (χ2n) is 8.03. The monoisotopic (exact) mass is 478 g/mol. The van der Waals surface area contributed by atoms with Gasteiger partial charge in [-0.2, -0.15) is 24.4 Å². The lowest BCUT2D eigenvalue weighted by Crippen LogP contribution is -2.59. The van der Waals surface area contributed by atoms with Crippen LogP contribution in [0.25, 0.3) is 0 Å². The number of carbonyl (C=O) groups excluding carboxylic acids is 3. The molecule has 3 amide bonds. The van der Waals surface area contributed by atoms with E-state index in [1.165, 1.54) is 11.8 Å². The van der Waals surface area contributed by atoms with Gasteiger partial charge in [0, 0.05) is 5.75 Å². The highest BCUT2D eigenvalue weighted by atomic mass is 32.2. The van der Waals surface area contributed by atoms with Crippen LogP contribution in [-0.4, -0.2) is 70.7 Å². The molecule has 9 nitrogen and oxygen atoms in total. The average Bonchev–Trinajstić information content (AvgIpc) is 2.71. The highest BCUT2D eigenvalue weighted by molar-refractivity contribution is 7.98. The van der Waals surface area contributed by atoms with Gasteiger partial charge in [0.1, 0.15) is 18.1 Å². The fraction of sp³-hybridized carbons (Fsp3) is 0.800. The molecule has 0 saturated heterocycles. The van der Waals surface area contributed by atoms with Crippen molar-refractivity contribution in [2.75, 3.05) is 17.8 Å². The first-order chi connectivity index (χ1) is 14.5. The van der Waals surface area contributed by atoms with Gasteiger partial charge in [0.25, 0.3) is 0 Å². The van der Waals surface area contributed by atoms with Crippen molar-refractivity contribution in [1.82, 2.24) is 16.0 Å². The summed E-state index contributed by atoms with van der Waals surface area (Å²) < 4.78 is 0. The molecular weight excluding hydrogens is 440 g/mol. The van der Waals surface area contributed by atoms with Crippen LogP contribution in [-0.2, 0) is 19.2 Å². The van der Waals surface area contributed by atoms with Crippen molar-refractivity contribution < 1.29 is 24.3 Å². The number of carboxylic acid groups (broad SMARTS) is 1. The van der Waals surface area contributed by atoms with Gasteiger partial charge in [0.2, 0.25) is 17.7 Å². The van der Waals surface area contributed by atoms with E-state index in [4.69, 9.17) is 5.73 Å². The molecule has 31 heavy (non-hydrogen) atoms. The minimum absolute atomic E-state index is 0.0273. The molecule has 6 N–H and O–H groups in total. The summed E-state index contributed by atoms with van der Waals surface area (Å²) in [5, 5.41) is 17.0. The van der Waals surface area contributed by atoms with E-state index in [0.29, 0.717) is 18.6 Å². The van der Waals surface area contributed by atoms with Gasteiger partial charge in [-0.15, -0.1) is 0 Å². The second-order valence-corrected chi connectivity index (χ2v) is 9.38. The number of thioether (sulfide) groups is 1. The molecule has 0 aromatic heterocycles. The molecule has 0 rings (SSSR count). The maximum Gasteiger partial charge on any atom is 0.326 e. The highest BCUT2D eigenvalue weighted by Gasteiger charge is 2.32. The largest absolute Gasteiger partial charge is 0.480 e. The van der Waals surface area contributed by atoms with Crippen LogP contribution >= 0.6 is 24.4 Å². The van der Waals surface area contributed by atoms with Crippen molar-refractivity contribution in [3.05, 3.63) is 0 Å². The number of nitrogens with one attached hydrogen (secondary N) is 3. The van der Waals surface area contributed by atoms with Crippen LogP contribution in [0.15, 0.2) is 0 Å². The van der Waals surface area contributed by atoms with Crippen molar-refractivity contribution >= 4 is 48.1 Å². The molecule has 0 radical (unpaired) electrons. The number of carboxylic acids is 1. The minimum atomic E-state index is -1.14. The molecule has 0 spiro atoms. The summed E-state index contributed by atoms with van der Waals surface area (Å²) in [6, 6.07) is -3.72. The molecule has 5 atom stereocenters. The lowest BCUT2D eigenvalue weighted by atomic mass is 9.96. The summed E-state index contributed by atoms with van der Waals surface area (Å²) in [5.74, 6) is -2.19. The number of aliphatic carboxylic acids is 1. The zero-order valence-electron chi connectivity index (χ0n) is 19.0. The Bertz CT molecular complexity index is 606. The predicted molar refractivity (Wildman–Crippen MR) is 127 cm³/mol. The Morgan fingerprint density at radius 2 is 1.58 bits per heavy atom. The van der Waals surface area contributed by atoms with E-state index in [-0.39, 0.29) is 24.0 Å². The maximum atomic E-state index is 12.9. The van der Waals surface area contributed by atoms with Crippen molar-refractivity contribution in [3.63, 3.8) is 0 Å². The van der Waals surface area contributed by atoms with Crippen molar-refractivity contribution in [1.29, 1.82) is 0 Å². The zero-order chi connectivity index (χ0) is 24.1. The third kappa shape index (κ3) is 11.1. The van der Waals surface area contributed by atoms with Gasteiger partial charge in [-0.05, 0) is 36.7 Å². The van der Waals surface area contributed by atoms with Gasteiger partial charge < -0.3 is 26.8 Å². The molecule has 0 bridgehead atoms. The first kappa shape index (κ1) is 29.5. The number of carbonyl (C=O) groups is 4. The Morgan fingerprint density at radius 3 is 2.03 bits per heavy atom. The van der Waals surface area contributed by atoms with E-state index >= 15 is 0 Å². The Kier molecular flexibility index (Phi) is 14.6. The zero-order valence-corrected chi connectivity index (χ0v) is 20.7. The first-order valence-corrected chi connectivity index (χ1v) is 12.5. The Balaban J connectivity index is 5.24. The van der Waals surface area contributed by atoms with Crippen LogP contribution in [0.2, 0.25) is 0 Å². The fourth-order valence-corrected chi connectivity index (χ4v) is 3.53. The summed E-state index contributed by atoms with van der Waals surface area (Å²) in [6.45, 7) is 7.60. The smallest absolute Gasteiger partial charge is 0.326 e. The Labute approximate surface area is 194 Å². The molecule has 0 aromatic rings. The molecule has 11 heteroatoms. The van der Waals surface area contributed by atoms with Crippen LogP contribution < -0.4 is 21.7 Å². The Morgan fingerprint density at radius 1 is 1.00 bits per heavy atom. The minimum Gasteiger partial charge on any atom is -0.480 e. The SMILES string of the molecule is CCC(C)C(NC(=O)C(N)CC(C)C)C(=O)NC(CS)C(=O)NC(CCSC)C(=O)O. The number of hydrogen-bond donors (Lipinski definition) is 6. The first-order valence-electron chi connectivity index (χ1n) is 10.5. The van der Waals surface area contributed by atoms with E-state index in [2.05, 4.69) is 28.6 Å². The van der Waals surface area contributed by atoms with Crippen LogP contribution in [0.3, 0.4) is 0 Å². The average molecular weight is 479 g/mol. The lowest BCUT2D eigenvalue weighted by Gasteiger charge is -2.27. The quantitative estimate of drug-likeness (QED) is 0.189. The Hall–Kier alpha value is -1.46. The summed E-state index contributed by atoms with van der Waals surface area (Å²) in [6.07, 6.45) is 3.20. The molecule has 5 unspecified atom stereocenters. The second kappa shape index (κ2) is 15.4. The number of rotatable bonds is 15. The lowest BCUT2D eigenvalue weighted by molar-refractivity contribution is -0.142. The van der Waals surface area contributed by atoms with Gasteiger partial charge in [0.15, 0.2) is 0 Å². The number of thiol groups is 1. The molecule has 0 saturated carbocycles. The highest BCUT2D eigenvalue weighted by Crippen LogP contribution is 2.11. The third-order valence-corrected chi connectivity index (χ3v) is 5.91. The van der Waals surface area contributed by atoms with Crippen molar-refractivity contribution in [3.8, 4) is 0 Å². The number of amides is 3. The van der Waals surface area contributed by atoms with E-state index in [1.54, 1.807) is 0 Å². The van der Waals surface area contributed by atoms with E-state index in [0.717, 1.165) is 0 Å². The number of nitrogens with two attached hydrogens (primary N) is 1. The predicted octanol–water partition coefficient (Wildman–Crippen LogP) is 0.628. The summed E-state index contributed by atoms with van der Waals surface area (Å²) in [5.41, 5.74) is 5.93. The molecule has 0 fully saturated rings. The molecular formula is C20H38N4O5S2. The van der Waals surface area contributed by atoms with Crippen LogP contribution in [0.5, 0.6) is 0 Å². The van der Waals surface area contributed by atoms with Gasteiger partial charge in [-0.3, -0.25) is 14.4 Å². The molecule has 0 aromatic carbocycles. The van der Waals surface area contributed by atoms with Gasteiger partial charge in [-0.25, -0.2) is 4.79 Å².